The molecule has 1 heterocycles. The van der Waals surface area contributed by atoms with Gasteiger partial charge in [-0.3, -0.25) is 0 Å². The van der Waals surface area contributed by atoms with Gasteiger partial charge in [-0.05, 0) is 30.7 Å². The fraction of sp³-hybridized carbons (Fsp3) is 0.143. The summed E-state index contributed by atoms with van der Waals surface area (Å²) in [5.74, 6) is 0.776. The highest BCUT2D eigenvalue weighted by Gasteiger charge is 2.07. The molecule has 0 aliphatic rings. The molecule has 2 rings (SSSR count). The SMILES string of the molecule is Cc1ccccc1N(C)c1cccc(C#N)n1. The average molecular weight is 223 g/mol. The second-order valence-corrected chi connectivity index (χ2v) is 3.84. The number of aryl methyl sites for hydroxylation is 1. The van der Waals surface area contributed by atoms with Gasteiger partial charge < -0.3 is 4.90 Å². The second kappa shape index (κ2) is 4.67. The molecule has 0 N–H and O–H groups in total. The molecule has 0 bridgehead atoms. The van der Waals surface area contributed by atoms with Gasteiger partial charge in [0.05, 0.1) is 0 Å². The summed E-state index contributed by atoms with van der Waals surface area (Å²) in [7, 11) is 1.95. The predicted octanol–water partition coefficient (Wildman–Crippen LogP) is 3.03. The highest BCUT2D eigenvalue weighted by Crippen LogP contribution is 2.24. The molecule has 0 unspecified atom stereocenters. The zero-order valence-corrected chi connectivity index (χ0v) is 9.88. The van der Waals surface area contributed by atoms with E-state index in [1.807, 2.05) is 42.3 Å². The van der Waals surface area contributed by atoms with Crippen molar-refractivity contribution in [3.8, 4) is 6.07 Å². The van der Waals surface area contributed by atoms with E-state index in [1.165, 1.54) is 5.56 Å². The third kappa shape index (κ3) is 2.26. The van der Waals surface area contributed by atoms with Crippen LogP contribution in [0.15, 0.2) is 42.5 Å². The molecule has 84 valence electrons. The van der Waals surface area contributed by atoms with E-state index in [9.17, 15) is 0 Å². The standard InChI is InChI=1S/C14H13N3/c1-11-6-3-4-8-13(11)17(2)14-9-5-7-12(10-15)16-14/h3-9H,1-2H3. The van der Waals surface area contributed by atoms with Crippen molar-refractivity contribution in [1.29, 1.82) is 5.26 Å². The summed E-state index contributed by atoms with van der Waals surface area (Å²) in [5.41, 5.74) is 2.71. The number of nitrogens with zero attached hydrogens (tertiary/aromatic N) is 3. The van der Waals surface area contributed by atoms with Gasteiger partial charge in [-0.25, -0.2) is 4.98 Å². The van der Waals surface area contributed by atoms with Gasteiger partial charge in [0, 0.05) is 12.7 Å². The number of para-hydroxylation sites is 1. The number of aromatic nitrogens is 1. The van der Waals surface area contributed by atoms with Crippen molar-refractivity contribution in [2.75, 3.05) is 11.9 Å². The van der Waals surface area contributed by atoms with Crippen molar-refractivity contribution in [3.63, 3.8) is 0 Å². The Morgan fingerprint density at radius 1 is 1.12 bits per heavy atom. The Morgan fingerprint density at radius 2 is 1.88 bits per heavy atom. The largest absolute Gasteiger partial charge is 0.329 e. The molecule has 0 spiro atoms. The van der Waals surface area contributed by atoms with Crippen LogP contribution in [-0.4, -0.2) is 12.0 Å². The zero-order chi connectivity index (χ0) is 12.3. The summed E-state index contributed by atoms with van der Waals surface area (Å²) < 4.78 is 0. The van der Waals surface area contributed by atoms with Gasteiger partial charge >= 0.3 is 0 Å². The van der Waals surface area contributed by atoms with E-state index in [1.54, 1.807) is 6.07 Å². The lowest BCUT2D eigenvalue weighted by molar-refractivity contribution is 1.10. The Balaban J connectivity index is 2.41. The van der Waals surface area contributed by atoms with Crippen LogP contribution in [0.4, 0.5) is 11.5 Å². The molecule has 0 atom stereocenters. The minimum absolute atomic E-state index is 0.433. The highest BCUT2D eigenvalue weighted by molar-refractivity contribution is 5.63. The van der Waals surface area contributed by atoms with E-state index in [0.717, 1.165) is 11.5 Å². The summed E-state index contributed by atoms with van der Waals surface area (Å²) >= 11 is 0. The first-order valence-electron chi connectivity index (χ1n) is 5.39. The highest BCUT2D eigenvalue weighted by atomic mass is 15.2. The number of rotatable bonds is 2. The number of nitriles is 1. The molecule has 2 aromatic rings. The Morgan fingerprint density at radius 3 is 2.59 bits per heavy atom. The van der Waals surface area contributed by atoms with Gasteiger partial charge in [0.2, 0.25) is 0 Å². The van der Waals surface area contributed by atoms with Crippen LogP contribution in [-0.2, 0) is 0 Å². The minimum Gasteiger partial charge on any atom is -0.329 e. The predicted molar refractivity (Wildman–Crippen MR) is 68.2 cm³/mol. The normalized spacial score (nSPS) is 9.71. The van der Waals surface area contributed by atoms with Crippen molar-refractivity contribution in [2.45, 2.75) is 6.92 Å². The molecule has 0 aliphatic carbocycles. The maximum absolute atomic E-state index is 8.84. The molecule has 1 aromatic heterocycles. The monoisotopic (exact) mass is 223 g/mol. The average Bonchev–Trinajstić information content (AvgIpc) is 2.38. The zero-order valence-electron chi connectivity index (χ0n) is 9.88. The van der Waals surface area contributed by atoms with Crippen LogP contribution in [0.3, 0.4) is 0 Å². The van der Waals surface area contributed by atoms with E-state index < -0.39 is 0 Å². The van der Waals surface area contributed by atoms with Crippen LogP contribution in [0.2, 0.25) is 0 Å². The number of anilines is 2. The summed E-state index contributed by atoms with van der Waals surface area (Å²) in [6, 6.07) is 15.6. The third-order valence-electron chi connectivity index (χ3n) is 2.67. The van der Waals surface area contributed by atoms with Crippen molar-refractivity contribution in [3.05, 3.63) is 53.7 Å². The molecule has 0 saturated carbocycles. The van der Waals surface area contributed by atoms with E-state index in [-0.39, 0.29) is 0 Å². The first kappa shape index (κ1) is 11.2. The molecule has 3 heteroatoms. The van der Waals surface area contributed by atoms with Crippen molar-refractivity contribution < 1.29 is 0 Å². The van der Waals surface area contributed by atoms with Gasteiger partial charge in [0.1, 0.15) is 17.6 Å². The van der Waals surface area contributed by atoms with Gasteiger partial charge in [-0.1, -0.05) is 24.3 Å². The molecule has 1 aromatic carbocycles. The molecule has 0 amide bonds. The Bertz CT molecular complexity index is 570. The maximum Gasteiger partial charge on any atom is 0.142 e. The molecule has 0 radical (unpaired) electrons. The lowest BCUT2D eigenvalue weighted by Crippen LogP contribution is -2.12. The van der Waals surface area contributed by atoms with E-state index >= 15 is 0 Å². The fourth-order valence-corrected chi connectivity index (χ4v) is 1.74. The topological polar surface area (TPSA) is 39.9 Å². The lowest BCUT2D eigenvalue weighted by Gasteiger charge is -2.20. The third-order valence-corrected chi connectivity index (χ3v) is 2.67. The smallest absolute Gasteiger partial charge is 0.142 e. The summed E-state index contributed by atoms with van der Waals surface area (Å²) in [6.45, 7) is 2.06. The van der Waals surface area contributed by atoms with Gasteiger partial charge in [0.25, 0.3) is 0 Å². The van der Waals surface area contributed by atoms with E-state index in [0.29, 0.717) is 5.69 Å². The maximum atomic E-state index is 8.84. The van der Waals surface area contributed by atoms with Crippen LogP contribution in [0.1, 0.15) is 11.3 Å². The first-order chi connectivity index (χ1) is 8.22. The summed E-state index contributed by atoms with van der Waals surface area (Å²) in [4.78, 5) is 6.26. The number of benzene rings is 1. The van der Waals surface area contributed by atoms with Crippen LogP contribution in [0.5, 0.6) is 0 Å². The molecule has 0 fully saturated rings. The fourth-order valence-electron chi connectivity index (χ4n) is 1.74. The number of hydrogen-bond acceptors (Lipinski definition) is 3. The second-order valence-electron chi connectivity index (χ2n) is 3.84. The number of pyridine rings is 1. The molecule has 0 aliphatic heterocycles. The van der Waals surface area contributed by atoms with E-state index in [4.69, 9.17) is 5.26 Å². The summed E-state index contributed by atoms with van der Waals surface area (Å²) in [6.07, 6.45) is 0. The van der Waals surface area contributed by atoms with Gasteiger partial charge in [0.15, 0.2) is 0 Å². The summed E-state index contributed by atoms with van der Waals surface area (Å²) in [5, 5.41) is 8.84. The van der Waals surface area contributed by atoms with Crippen LogP contribution >= 0.6 is 0 Å². The van der Waals surface area contributed by atoms with Gasteiger partial charge in [-0.2, -0.15) is 5.26 Å². The first-order valence-corrected chi connectivity index (χ1v) is 5.39. The van der Waals surface area contributed by atoms with Gasteiger partial charge in [-0.15, -0.1) is 0 Å². The van der Waals surface area contributed by atoms with Crippen molar-refractivity contribution in [2.24, 2.45) is 0 Å². The van der Waals surface area contributed by atoms with Crippen LogP contribution in [0, 0.1) is 18.3 Å². The van der Waals surface area contributed by atoms with Crippen molar-refractivity contribution in [1.82, 2.24) is 4.98 Å². The Kier molecular flexibility index (Phi) is 3.06. The van der Waals surface area contributed by atoms with Crippen LogP contribution in [0.25, 0.3) is 0 Å². The Hall–Kier alpha value is -2.34. The Labute approximate surface area is 101 Å². The lowest BCUT2D eigenvalue weighted by atomic mass is 10.2. The molecular formula is C14H13N3. The van der Waals surface area contributed by atoms with Crippen molar-refractivity contribution >= 4 is 11.5 Å². The number of hydrogen-bond donors (Lipinski definition) is 0. The molecule has 17 heavy (non-hydrogen) atoms. The van der Waals surface area contributed by atoms with Crippen LogP contribution < -0.4 is 4.90 Å². The quantitative estimate of drug-likeness (QED) is 0.785. The molecular weight excluding hydrogens is 210 g/mol. The molecule has 3 nitrogen and oxygen atoms in total. The minimum atomic E-state index is 0.433. The molecule has 0 saturated heterocycles. The van der Waals surface area contributed by atoms with E-state index in [2.05, 4.69) is 24.0 Å².